The highest BCUT2D eigenvalue weighted by Crippen LogP contribution is 2.24. The van der Waals surface area contributed by atoms with Gasteiger partial charge < -0.3 is 15.6 Å². The third-order valence-corrected chi connectivity index (χ3v) is 3.50. The number of quaternary nitrogens is 1. The minimum absolute atomic E-state index is 0.224. The first-order chi connectivity index (χ1) is 10.6. The number of pyridine rings is 1. The van der Waals surface area contributed by atoms with E-state index < -0.39 is 0 Å². The van der Waals surface area contributed by atoms with Crippen LogP contribution in [0.15, 0.2) is 42.1 Å². The average Bonchev–Trinajstić information content (AvgIpc) is 2.55. The number of carbonyl (C=O) groups is 1. The van der Waals surface area contributed by atoms with Gasteiger partial charge in [0.05, 0.1) is 0 Å². The zero-order valence-corrected chi connectivity index (χ0v) is 12.6. The summed E-state index contributed by atoms with van der Waals surface area (Å²) in [6.45, 7) is 6.80. The molecule has 5 heteroatoms. The lowest BCUT2D eigenvalue weighted by molar-refractivity contribution is -0.496. The van der Waals surface area contributed by atoms with Crippen LogP contribution in [0.2, 0.25) is 0 Å². The summed E-state index contributed by atoms with van der Waals surface area (Å²) in [5.74, 6) is 5.87. The number of ketones is 1. The maximum absolute atomic E-state index is 11.3. The Bertz CT molecular complexity index is 658. The molecule has 0 saturated carbocycles. The van der Waals surface area contributed by atoms with E-state index in [-0.39, 0.29) is 5.78 Å². The van der Waals surface area contributed by atoms with E-state index >= 15 is 0 Å². The predicted molar refractivity (Wildman–Crippen MR) is 86.3 cm³/mol. The summed E-state index contributed by atoms with van der Waals surface area (Å²) >= 11 is 0. The molecule has 0 spiro atoms. The molecule has 0 aliphatic carbocycles. The Morgan fingerprint density at radius 1 is 1.50 bits per heavy atom. The van der Waals surface area contributed by atoms with Gasteiger partial charge in [-0.2, -0.15) is 0 Å². The van der Waals surface area contributed by atoms with Gasteiger partial charge in [-0.1, -0.05) is 18.1 Å². The highest BCUT2D eigenvalue weighted by Gasteiger charge is 2.18. The summed E-state index contributed by atoms with van der Waals surface area (Å²) < 4.78 is 0. The Kier molecular flexibility index (Phi) is 5.48. The van der Waals surface area contributed by atoms with Crippen molar-refractivity contribution in [3.8, 4) is 11.8 Å². The van der Waals surface area contributed by atoms with E-state index in [1.807, 2.05) is 6.08 Å². The van der Waals surface area contributed by atoms with Crippen molar-refractivity contribution < 1.29 is 10.3 Å². The molecule has 1 aliphatic rings. The Morgan fingerprint density at radius 2 is 2.23 bits per heavy atom. The summed E-state index contributed by atoms with van der Waals surface area (Å²) in [5, 5.41) is 11.1. The number of hydrogen-bond acceptors (Lipinski definition) is 4. The minimum atomic E-state index is -0.224. The van der Waals surface area contributed by atoms with Crippen molar-refractivity contribution in [2.45, 2.75) is 19.8 Å². The van der Waals surface area contributed by atoms with Crippen molar-refractivity contribution in [1.29, 1.82) is 0 Å². The number of carbonyl (C=O) groups excluding carboxylic acids is 1. The maximum atomic E-state index is 11.3. The Hall–Kier alpha value is -2.42. The third-order valence-electron chi connectivity index (χ3n) is 3.50. The minimum Gasteiger partial charge on any atom is -0.630 e. The van der Waals surface area contributed by atoms with E-state index in [1.165, 1.54) is 5.57 Å². The van der Waals surface area contributed by atoms with E-state index in [2.05, 4.69) is 28.3 Å². The topological polar surface area (TPSA) is 72.9 Å². The summed E-state index contributed by atoms with van der Waals surface area (Å²) in [6, 6.07) is 3.53. The molecule has 2 heterocycles. The quantitative estimate of drug-likeness (QED) is 0.397. The van der Waals surface area contributed by atoms with E-state index in [1.54, 1.807) is 25.3 Å². The largest absolute Gasteiger partial charge is 0.630 e. The van der Waals surface area contributed by atoms with Crippen LogP contribution in [0, 0.1) is 17.0 Å². The first-order valence-corrected chi connectivity index (χ1v) is 7.16. The van der Waals surface area contributed by atoms with Crippen LogP contribution in [0.4, 0.5) is 11.5 Å². The molecule has 1 aromatic rings. The molecule has 0 bridgehead atoms. The van der Waals surface area contributed by atoms with Gasteiger partial charge in [0, 0.05) is 25.4 Å². The maximum Gasteiger partial charge on any atom is 0.231 e. The number of allylic oxidation sites excluding steroid dienone is 2. The molecular weight excluding hydrogens is 278 g/mol. The predicted octanol–water partition coefficient (Wildman–Crippen LogP) is 1.45. The van der Waals surface area contributed by atoms with Gasteiger partial charge in [0.15, 0.2) is 11.5 Å². The molecule has 114 valence electrons. The number of anilines is 1. The first kappa shape index (κ1) is 16.0. The number of aromatic nitrogens is 1. The Balaban J connectivity index is 1.98. The second-order valence-electron chi connectivity index (χ2n) is 5.20. The normalized spacial score (nSPS) is 14.1. The van der Waals surface area contributed by atoms with Gasteiger partial charge in [0.2, 0.25) is 5.78 Å². The summed E-state index contributed by atoms with van der Waals surface area (Å²) in [4.78, 5) is 17.7. The number of hydrogen-bond donors (Lipinski definition) is 1. The fourth-order valence-corrected chi connectivity index (χ4v) is 2.23. The van der Waals surface area contributed by atoms with Crippen LogP contribution in [0.5, 0.6) is 0 Å². The molecular formula is C17H19N3O2. The molecule has 2 rings (SSSR count). The highest BCUT2D eigenvalue weighted by molar-refractivity contribution is 6.07. The molecule has 0 unspecified atom stereocenters. The number of nitrogens with zero attached hydrogens (tertiary/aromatic N) is 2. The van der Waals surface area contributed by atoms with E-state index in [0.717, 1.165) is 37.2 Å². The lowest BCUT2D eigenvalue weighted by atomic mass is 10.0. The molecule has 0 amide bonds. The Labute approximate surface area is 130 Å². The zero-order chi connectivity index (χ0) is 15.9. The number of Topliss-reactive ketones (excluding diaryl/α,β-unsaturated/α-hetero) is 1. The molecule has 1 fully saturated rings. The van der Waals surface area contributed by atoms with Crippen molar-refractivity contribution in [3.63, 3.8) is 0 Å². The second-order valence-corrected chi connectivity index (χ2v) is 5.20. The third kappa shape index (κ3) is 4.04. The smallest absolute Gasteiger partial charge is 0.231 e. The van der Waals surface area contributed by atoms with E-state index in [4.69, 9.17) is 0 Å². The molecule has 2 N–H and O–H groups in total. The molecule has 22 heavy (non-hydrogen) atoms. The van der Waals surface area contributed by atoms with Crippen molar-refractivity contribution in [2.24, 2.45) is 0 Å². The van der Waals surface area contributed by atoms with Crippen LogP contribution < -0.4 is 10.4 Å². The molecule has 0 atom stereocenters. The van der Waals surface area contributed by atoms with Crippen LogP contribution in [-0.4, -0.2) is 23.9 Å². The SMILES string of the molecule is C=C(C)C(=O)C#CC=C1CCN(c2ncccc2[NH2+][O-])CC1. The lowest BCUT2D eigenvalue weighted by Gasteiger charge is -2.29. The average molecular weight is 297 g/mol. The highest BCUT2D eigenvalue weighted by atomic mass is 16.5. The first-order valence-electron chi connectivity index (χ1n) is 7.16. The molecule has 0 radical (unpaired) electrons. The van der Waals surface area contributed by atoms with Crippen LogP contribution in [0.3, 0.4) is 0 Å². The number of piperidine rings is 1. The van der Waals surface area contributed by atoms with Crippen LogP contribution in [0.1, 0.15) is 19.8 Å². The second kappa shape index (κ2) is 7.55. The van der Waals surface area contributed by atoms with Crippen LogP contribution in [0.25, 0.3) is 0 Å². The Morgan fingerprint density at radius 3 is 2.86 bits per heavy atom. The van der Waals surface area contributed by atoms with Gasteiger partial charge in [-0.05, 0) is 43.4 Å². The van der Waals surface area contributed by atoms with Gasteiger partial charge in [-0.15, -0.1) is 0 Å². The summed E-state index contributed by atoms with van der Waals surface area (Å²) in [7, 11) is 0. The van der Waals surface area contributed by atoms with Gasteiger partial charge in [-0.3, -0.25) is 4.79 Å². The van der Waals surface area contributed by atoms with Gasteiger partial charge >= 0.3 is 0 Å². The summed E-state index contributed by atoms with van der Waals surface area (Å²) in [6.07, 6.45) is 5.22. The lowest BCUT2D eigenvalue weighted by Crippen LogP contribution is -2.70. The molecule has 1 aliphatic heterocycles. The van der Waals surface area contributed by atoms with Gasteiger partial charge in [0.1, 0.15) is 0 Å². The monoisotopic (exact) mass is 297 g/mol. The molecule has 0 aromatic carbocycles. The molecule has 1 aromatic heterocycles. The zero-order valence-electron chi connectivity index (χ0n) is 12.6. The van der Waals surface area contributed by atoms with Gasteiger partial charge in [-0.25, -0.2) is 4.98 Å². The standard InChI is InChI=1S/C17H19N3O2/c1-13(2)16(21)7-3-5-14-8-11-20(12-9-14)17-15(19-22)6-4-10-18-17/h4-6,10H,1,8-9,11-12,19H2,2H3. The van der Waals surface area contributed by atoms with Crippen LogP contribution >= 0.6 is 0 Å². The molecule has 1 saturated heterocycles. The fraction of sp³-hybridized carbons (Fsp3) is 0.294. The van der Waals surface area contributed by atoms with Crippen molar-refractivity contribution >= 4 is 17.3 Å². The number of rotatable bonds is 3. The van der Waals surface area contributed by atoms with Gasteiger partial charge in [0.25, 0.3) is 0 Å². The summed E-state index contributed by atoms with van der Waals surface area (Å²) in [5.41, 5.74) is 3.11. The van der Waals surface area contributed by atoms with E-state index in [9.17, 15) is 10.0 Å². The molecule has 5 nitrogen and oxygen atoms in total. The van der Waals surface area contributed by atoms with Crippen molar-refractivity contribution in [1.82, 2.24) is 4.98 Å². The van der Waals surface area contributed by atoms with Crippen molar-refractivity contribution in [2.75, 3.05) is 18.0 Å². The number of nitrogens with two attached hydrogens (primary N) is 1. The van der Waals surface area contributed by atoms with Crippen molar-refractivity contribution in [3.05, 3.63) is 47.3 Å². The fourth-order valence-electron chi connectivity index (χ4n) is 2.23. The van der Waals surface area contributed by atoms with E-state index in [0.29, 0.717) is 11.3 Å². The van der Waals surface area contributed by atoms with Crippen LogP contribution in [-0.2, 0) is 4.79 Å².